The molecule has 0 spiro atoms. The molecule has 1 aliphatic carbocycles. The molecule has 0 saturated heterocycles. The average molecular weight is 284 g/mol. The predicted molar refractivity (Wildman–Crippen MR) is 84.0 cm³/mol. The lowest BCUT2D eigenvalue weighted by Crippen LogP contribution is -2.29. The summed E-state index contributed by atoms with van der Waals surface area (Å²) in [5.74, 6) is -0.898. The molecule has 0 atom stereocenters. The summed E-state index contributed by atoms with van der Waals surface area (Å²) >= 11 is 0. The first kappa shape index (κ1) is 13.9. The molecule has 0 unspecified atom stereocenters. The standard InChI is InChI=1S/C17H20N2O2/c1-2-3-10-19(12-8-9-12)16-13-6-4-5-7-15(13)18-11-14(16)17(20)21/h4-7,11-12H,2-3,8-10H2,1H3,(H,20,21). The van der Waals surface area contributed by atoms with E-state index in [1.807, 2.05) is 24.3 Å². The number of aromatic nitrogens is 1. The van der Waals surface area contributed by atoms with Crippen LogP contribution in [-0.2, 0) is 0 Å². The van der Waals surface area contributed by atoms with E-state index in [0.717, 1.165) is 48.8 Å². The molecule has 2 aromatic rings. The summed E-state index contributed by atoms with van der Waals surface area (Å²) in [5.41, 5.74) is 2.03. The second-order valence-electron chi connectivity index (χ2n) is 5.62. The Morgan fingerprint density at radius 2 is 2.14 bits per heavy atom. The van der Waals surface area contributed by atoms with Gasteiger partial charge in [0.05, 0.1) is 11.2 Å². The molecule has 1 saturated carbocycles. The maximum atomic E-state index is 11.6. The van der Waals surface area contributed by atoms with Crippen LogP contribution >= 0.6 is 0 Å². The molecule has 0 radical (unpaired) electrons. The lowest BCUT2D eigenvalue weighted by molar-refractivity contribution is 0.0697. The Balaban J connectivity index is 2.16. The van der Waals surface area contributed by atoms with Gasteiger partial charge in [0.25, 0.3) is 0 Å². The summed E-state index contributed by atoms with van der Waals surface area (Å²) in [4.78, 5) is 18.2. The highest BCUT2D eigenvalue weighted by Crippen LogP contribution is 2.37. The van der Waals surface area contributed by atoms with E-state index in [-0.39, 0.29) is 0 Å². The van der Waals surface area contributed by atoms with E-state index in [4.69, 9.17) is 0 Å². The zero-order valence-corrected chi connectivity index (χ0v) is 12.2. The molecule has 0 bridgehead atoms. The van der Waals surface area contributed by atoms with Gasteiger partial charge in [0.2, 0.25) is 0 Å². The Morgan fingerprint density at radius 1 is 1.38 bits per heavy atom. The first-order chi connectivity index (χ1) is 10.2. The normalized spacial score (nSPS) is 14.3. The molecule has 110 valence electrons. The van der Waals surface area contributed by atoms with Gasteiger partial charge in [0.15, 0.2) is 0 Å². The number of para-hydroxylation sites is 1. The maximum Gasteiger partial charge on any atom is 0.339 e. The summed E-state index contributed by atoms with van der Waals surface area (Å²) in [5, 5.41) is 10.5. The molecular formula is C17H20N2O2. The van der Waals surface area contributed by atoms with Crippen LogP contribution in [0.3, 0.4) is 0 Å². The molecule has 0 amide bonds. The minimum absolute atomic E-state index is 0.316. The van der Waals surface area contributed by atoms with Crippen LogP contribution in [0.1, 0.15) is 43.0 Å². The smallest absolute Gasteiger partial charge is 0.339 e. The second-order valence-corrected chi connectivity index (χ2v) is 5.62. The van der Waals surface area contributed by atoms with Gasteiger partial charge >= 0.3 is 5.97 Å². The lowest BCUT2D eigenvalue weighted by atomic mass is 10.1. The Hall–Kier alpha value is -2.10. The number of carboxylic acid groups (broad SMARTS) is 1. The zero-order valence-electron chi connectivity index (χ0n) is 12.2. The minimum Gasteiger partial charge on any atom is -0.478 e. The number of anilines is 1. The Morgan fingerprint density at radius 3 is 2.81 bits per heavy atom. The Kier molecular flexibility index (Phi) is 3.78. The van der Waals surface area contributed by atoms with Crippen molar-refractivity contribution in [3.05, 3.63) is 36.0 Å². The zero-order chi connectivity index (χ0) is 14.8. The monoisotopic (exact) mass is 284 g/mol. The molecule has 1 aliphatic rings. The summed E-state index contributed by atoms with van der Waals surface area (Å²) in [6.45, 7) is 3.07. The summed E-state index contributed by atoms with van der Waals surface area (Å²) in [6, 6.07) is 8.29. The van der Waals surface area contributed by atoms with E-state index in [2.05, 4.69) is 16.8 Å². The lowest BCUT2D eigenvalue weighted by Gasteiger charge is -2.27. The molecule has 0 aliphatic heterocycles. The largest absolute Gasteiger partial charge is 0.478 e. The quantitative estimate of drug-likeness (QED) is 0.878. The fraction of sp³-hybridized carbons (Fsp3) is 0.412. The van der Waals surface area contributed by atoms with Gasteiger partial charge < -0.3 is 10.0 Å². The fourth-order valence-corrected chi connectivity index (χ4v) is 2.78. The number of pyridine rings is 1. The molecule has 1 aromatic carbocycles. The number of carboxylic acids is 1. The van der Waals surface area contributed by atoms with Gasteiger partial charge in [0, 0.05) is 24.2 Å². The number of aromatic carboxylic acids is 1. The van der Waals surface area contributed by atoms with E-state index >= 15 is 0 Å². The first-order valence-corrected chi connectivity index (χ1v) is 7.60. The molecule has 1 heterocycles. The number of unbranched alkanes of at least 4 members (excludes halogenated alkanes) is 1. The molecular weight excluding hydrogens is 264 g/mol. The number of nitrogens with zero attached hydrogens (tertiary/aromatic N) is 2. The molecule has 4 nitrogen and oxygen atoms in total. The van der Waals surface area contributed by atoms with Crippen LogP contribution in [-0.4, -0.2) is 28.6 Å². The van der Waals surface area contributed by atoms with E-state index in [0.29, 0.717) is 11.6 Å². The van der Waals surface area contributed by atoms with E-state index < -0.39 is 5.97 Å². The molecule has 1 N–H and O–H groups in total. The van der Waals surface area contributed by atoms with Gasteiger partial charge in [-0.2, -0.15) is 0 Å². The van der Waals surface area contributed by atoms with Crippen LogP contribution in [0.4, 0.5) is 5.69 Å². The van der Waals surface area contributed by atoms with Crippen LogP contribution in [0.15, 0.2) is 30.5 Å². The van der Waals surface area contributed by atoms with Crippen LogP contribution in [0.25, 0.3) is 10.9 Å². The third-order valence-corrected chi connectivity index (χ3v) is 4.00. The number of rotatable bonds is 6. The summed E-state index contributed by atoms with van der Waals surface area (Å²) in [6.07, 6.45) is 5.99. The summed E-state index contributed by atoms with van der Waals surface area (Å²) < 4.78 is 0. The number of fused-ring (bicyclic) bond motifs is 1. The second kappa shape index (κ2) is 5.72. The van der Waals surface area contributed by atoms with Gasteiger partial charge in [-0.05, 0) is 25.3 Å². The third-order valence-electron chi connectivity index (χ3n) is 4.00. The minimum atomic E-state index is -0.898. The van der Waals surface area contributed by atoms with Gasteiger partial charge in [-0.3, -0.25) is 4.98 Å². The van der Waals surface area contributed by atoms with E-state index in [1.165, 1.54) is 6.20 Å². The third kappa shape index (κ3) is 2.71. The summed E-state index contributed by atoms with van der Waals surface area (Å²) in [7, 11) is 0. The SMILES string of the molecule is CCCCN(c1c(C(=O)O)cnc2ccccc12)C1CC1. The maximum absolute atomic E-state index is 11.6. The van der Waals surface area contributed by atoms with Crippen molar-refractivity contribution in [3.63, 3.8) is 0 Å². The molecule has 4 heteroatoms. The van der Waals surface area contributed by atoms with Crippen molar-refractivity contribution < 1.29 is 9.90 Å². The number of hydrogen-bond acceptors (Lipinski definition) is 3. The van der Waals surface area contributed by atoms with Crippen molar-refractivity contribution in [1.29, 1.82) is 0 Å². The number of hydrogen-bond donors (Lipinski definition) is 1. The van der Waals surface area contributed by atoms with Crippen LogP contribution in [0.5, 0.6) is 0 Å². The fourth-order valence-electron chi connectivity index (χ4n) is 2.78. The molecule has 1 fully saturated rings. The highest BCUT2D eigenvalue weighted by atomic mass is 16.4. The van der Waals surface area contributed by atoms with Gasteiger partial charge in [-0.25, -0.2) is 4.79 Å². The van der Waals surface area contributed by atoms with E-state index in [9.17, 15) is 9.90 Å². The van der Waals surface area contributed by atoms with Crippen molar-refractivity contribution in [2.75, 3.05) is 11.4 Å². The number of carbonyl (C=O) groups is 1. The van der Waals surface area contributed by atoms with Crippen molar-refractivity contribution >= 4 is 22.6 Å². The van der Waals surface area contributed by atoms with Crippen LogP contribution in [0, 0.1) is 0 Å². The first-order valence-electron chi connectivity index (χ1n) is 7.60. The van der Waals surface area contributed by atoms with Crippen molar-refractivity contribution in [3.8, 4) is 0 Å². The van der Waals surface area contributed by atoms with Gasteiger partial charge in [-0.15, -0.1) is 0 Å². The molecule has 21 heavy (non-hydrogen) atoms. The average Bonchev–Trinajstić information content (AvgIpc) is 3.32. The van der Waals surface area contributed by atoms with Crippen molar-refractivity contribution in [2.24, 2.45) is 0 Å². The van der Waals surface area contributed by atoms with Crippen LogP contribution < -0.4 is 4.90 Å². The van der Waals surface area contributed by atoms with Crippen molar-refractivity contribution in [2.45, 2.75) is 38.6 Å². The van der Waals surface area contributed by atoms with E-state index in [1.54, 1.807) is 0 Å². The Bertz CT molecular complexity index is 665. The Labute approximate surface area is 124 Å². The van der Waals surface area contributed by atoms with Crippen LogP contribution in [0.2, 0.25) is 0 Å². The van der Waals surface area contributed by atoms with Gasteiger partial charge in [-0.1, -0.05) is 31.5 Å². The highest BCUT2D eigenvalue weighted by molar-refractivity contribution is 6.04. The predicted octanol–water partition coefficient (Wildman–Crippen LogP) is 3.70. The molecule has 3 rings (SSSR count). The topological polar surface area (TPSA) is 53.4 Å². The molecule has 1 aromatic heterocycles. The van der Waals surface area contributed by atoms with Gasteiger partial charge in [0.1, 0.15) is 5.56 Å². The highest BCUT2D eigenvalue weighted by Gasteiger charge is 2.32. The van der Waals surface area contributed by atoms with Crippen molar-refractivity contribution in [1.82, 2.24) is 4.98 Å². The number of benzene rings is 1.